The fourth-order valence-corrected chi connectivity index (χ4v) is 0.985. The zero-order valence-electron chi connectivity index (χ0n) is 8.87. The summed E-state index contributed by atoms with van der Waals surface area (Å²) < 4.78 is 4.56. The Morgan fingerprint density at radius 1 is 1.43 bits per heavy atom. The number of aliphatic hydroxyl groups excluding tert-OH is 1. The van der Waals surface area contributed by atoms with Gasteiger partial charge in [-0.3, -0.25) is 0 Å². The van der Waals surface area contributed by atoms with Crippen LogP contribution < -0.4 is 5.32 Å². The molecule has 0 aromatic carbocycles. The van der Waals surface area contributed by atoms with Crippen LogP contribution in [0, 0.1) is 12.3 Å². The van der Waals surface area contributed by atoms with Crippen molar-refractivity contribution in [3.8, 4) is 0 Å². The van der Waals surface area contributed by atoms with E-state index in [1.54, 1.807) is 0 Å². The smallest absolute Gasteiger partial charge is 0.121 e. The lowest BCUT2D eigenvalue weighted by Crippen LogP contribution is -2.32. The van der Waals surface area contributed by atoms with E-state index in [1.807, 2.05) is 20.8 Å². The summed E-state index contributed by atoms with van der Waals surface area (Å²) in [4.78, 5) is 0. The number of rotatable bonds is 5. The van der Waals surface area contributed by atoms with Crippen molar-refractivity contribution in [1.82, 2.24) is 15.6 Å². The molecule has 0 bridgehead atoms. The summed E-state index contributed by atoms with van der Waals surface area (Å²) in [6, 6.07) is 0. The van der Waals surface area contributed by atoms with Crippen LogP contribution in [0.5, 0.6) is 0 Å². The van der Waals surface area contributed by atoms with Gasteiger partial charge in [0.25, 0.3) is 0 Å². The van der Waals surface area contributed by atoms with Gasteiger partial charge < -0.3 is 10.4 Å². The van der Waals surface area contributed by atoms with Crippen LogP contribution in [0.1, 0.15) is 25.2 Å². The third-order valence-electron chi connectivity index (χ3n) is 2.07. The second-order valence-electron chi connectivity index (χ2n) is 4.22. The Hall–Kier alpha value is -0.940. The van der Waals surface area contributed by atoms with E-state index in [-0.39, 0.29) is 12.0 Å². The highest BCUT2D eigenvalue weighted by Crippen LogP contribution is 2.11. The molecule has 1 aromatic heterocycles. The molecule has 0 spiro atoms. The number of aryl methyl sites for hydroxylation is 1. The van der Waals surface area contributed by atoms with Gasteiger partial charge in [-0.1, -0.05) is 24.2 Å². The maximum absolute atomic E-state index is 9.02. The number of hydrogen-bond acceptors (Lipinski definition) is 5. The minimum absolute atomic E-state index is 0.106. The first kappa shape index (κ1) is 11.1. The Balaban J connectivity index is 2.32. The van der Waals surface area contributed by atoms with Gasteiger partial charge >= 0.3 is 0 Å². The van der Waals surface area contributed by atoms with Crippen molar-refractivity contribution in [1.29, 1.82) is 0 Å². The first-order chi connectivity index (χ1) is 6.55. The lowest BCUT2D eigenvalue weighted by Gasteiger charge is -2.21. The molecule has 80 valence electrons. The molecule has 1 rings (SSSR count). The quantitative estimate of drug-likeness (QED) is 0.722. The number of hydrogen-bond donors (Lipinski definition) is 2. The molecule has 1 aromatic rings. The fourth-order valence-electron chi connectivity index (χ4n) is 0.985. The third kappa shape index (κ3) is 3.08. The van der Waals surface area contributed by atoms with Crippen LogP contribution in [0.15, 0.2) is 4.63 Å². The van der Waals surface area contributed by atoms with E-state index < -0.39 is 0 Å². The number of aromatic nitrogens is 2. The summed E-state index contributed by atoms with van der Waals surface area (Å²) in [5.74, 6) is 0. The van der Waals surface area contributed by atoms with Gasteiger partial charge in [-0.05, 0) is 6.92 Å². The minimum Gasteiger partial charge on any atom is -0.396 e. The largest absolute Gasteiger partial charge is 0.396 e. The first-order valence-corrected chi connectivity index (χ1v) is 4.65. The number of aliphatic hydroxyl groups is 1. The van der Waals surface area contributed by atoms with Crippen LogP contribution in [0.2, 0.25) is 0 Å². The van der Waals surface area contributed by atoms with E-state index in [0.29, 0.717) is 6.54 Å². The van der Waals surface area contributed by atoms with Gasteiger partial charge in [0.2, 0.25) is 0 Å². The summed E-state index contributed by atoms with van der Waals surface area (Å²) in [5, 5.41) is 19.6. The molecule has 0 atom stereocenters. The molecular weight excluding hydrogens is 182 g/mol. The summed E-state index contributed by atoms with van der Waals surface area (Å²) in [6.07, 6.45) is 0. The van der Waals surface area contributed by atoms with Gasteiger partial charge in [0.1, 0.15) is 11.4 Å². The molecule has 0 radical (unpaired) electrons. The highest BCUT2D eigenvalue weighted by molar-refractivity contribution is 5.03. The predicted molar refractivity (Wildman–Crippen MR) is 51.6 cm³/mol. The van der Waals surface area contributed by atoms with E-state index in [2.05, 4.69) is 20.3 Å². The third-order valence-corrected chi connectivity index (χ3v) is 2.07. The maximum atomic E-state index is 9.02. The molecule has 0 saturated heterocycles. The Morgan fingerprint density at radius 2 is 2.14 bits per heavy atom. The molecule has 0 aliphatic heterocycles. The molecule has 0 aliphatic carbocycles. The summed E-state index contributed by atoms with van der Waals surface area (Å²) in [7, 11) is 0. The van der Waals surface area contributed by atoms with Gasteiger partial charge in [-0.25, -0.2) is 4.63 Å². The van der Waals surface area contributed by atoms with Crippen molar-refractivity contribution in [2.75, 3.05) is 13.2 Å². The zero-order valence-corrected chi connectivity index (χ0v) is 8.87. The van der Waals surface area contributed by atoms with Crippen molar-refractivity contribution in [3.05, 3.63) is 11.4 Å². The van der Waals surface area contributed by atoms with E-state index in [4.69, 9.17) is 5.11 Å². The molecule has 2 N–H and O–H groups in total. The summed E-state index contributed by atoms with van der Waals surface area (Å²) in [5.41, 5.74) is 1.52. The Morgan fingerprint density at radius 3 is 2.64 bits per heavy atom. The SMILES string of the molecule is Cc1nonc1CNCC(C)(C)CO. The molecule has 0 fully saturated rings. The van der Waals surface area contributed by atoms with E-state index >= 15 is 0 Å². The average molecular weight is 199 g/mol. The highest BCUT2D eigenvalue weighted by atomic mass is 16.6. The lowest BCUT2D eigenvalue weighted by molar-refractivity contribution is 0.156. The first-order valence-electron chi connectivity index (χ1n) is 4.65. The minimum atomic E-state index is -0.106. The lowest BCUT2D eigenvalue weighted by atomic mass is 9.95. The maximum Gasteiger partial charge on any atom is 0.121 e. The number of nitrogens with zero attached hydrogens (tertiary/aromatic N) is 2. The topological polar surface area (TPSA) is 71.2 Å². The van der Waals surface area contributed by atoms with E-state index in [9.17, 15) is 0 Å². The molecule has 0 saturated carbocycles. The molecule has 0 unspecified atom stereocenters. The van der Waals surface area contributed by atoms with Gasteiger partial charge in [0, 0.05) is 25.1 Å². The second kappa shape index (κ2) is 4.52. The van der Waals surface area contributed by atoms with Crippen LogP contribution >= 0.6 is 0 Å². The van der Waals surface area contributed by atoms with Crippen molar-refractivity contribution in [3.63, 3.8) is 0 Å². The van der Waals surface area contributed by atoms with E-state index in [1.165, 1.54) is 0 Å². The van der Waals surface area contributed by atoms with Crippen LogP contribution in [-0.2, 0) is 6.54 Å². The van der Waals surface area contributed by atoms with Crippen molar-refractivity contribution in [2.24, 2.45) is 5.41 Å². The van der Waals surface area contributed by atoms with Gasteiger partial charge in [0.05, 0.1) is 0 Å². The molecular formula is C9H17N3O2. The highest BCUT2D eigenvalue weighted by Gasteiger charge is 2.16. The average Bonchev–Trinajstić information content (AvgIpc) is 2.52. The van der Waals surface area contributed by atoms with Crippen LogP contribution in [0.25, 0.3) is 0 Å². The number of nitrogens with one attached hydrogen (secondary N) is 1. The normalized spacial score (nSPS) is 12.0. The van der Waals surface area contributed by atoms with Crippen LogP contribution in [0.4, 0.5) is 0 Å². The Kier molecular flexibility index (Phi) is 3.60. The van der Waals surface area contributed by atoms with Crippen molar-refractivity contribution >= 4 is 0 Å². The van der Waals surface area contributed by atoms with Crippen molar-refractivity contribution in [2.45, 2.75) is 27.3 Å². The predicted octanol–water partition coefficient (Wildman–Crippen LogP) is 0.486. The zero-order chi connectivity index (χ0) is 10.6. The van der Waals surface area contributed by atoms with Crippen LogP contribution in [-0.4, -0.2) is 28.6 Å². The molecule has 0 amide bonds. The summed E-state index contributed by atoms with van der Waals surface area (Å²) >= 11 is 0. The molecule has 0 aliphatic rings. The summed E-state index contributed by atoms with van der Waals surface area (Å²) in [6.45, 7) is 7.36. The van der Waals surface area contributed by atoms with Gasteiger partial charge in [-0.15, -0.1) is 0 Å². The standard InChI is InChI=1S/C9H17N3O2/c1-7-8(12-14-11-7)4-10-5-9(2,3)6-13/h10,13H,4-6H2,1-3H3. The Bertz CT molecular complexity index is 283. The molecule has 14 heavy (non-hydrogen) atoms. The molecule has 5 nitrogen and oxygen atoms in total. The van der Waals surface area contributed by atoms with Crippen LogP contribution in [0.3, 0.4) is 0 Å². The monoisotopic (exact) mass is 199 g/mol. The van der Waals surface area contributed by atoms with Crippen molar-refractivity contribution < 1.29 is 9.74 Å². The Labute approximate surface area is 83.5 Å². The van der Waals surface area contributed by atoms with Gasteiger partial charge in [-0.2, -0.15) is 0 Å². The molecule has 5 heteroatoms. The molecule has 1 heterocycles. The fraction of sp³-hybridized carbons (Fsp3) is 0.778. The second-order valence-corrected chi connectivity index (χ2v) is 4.22. The van der Waals surface area contributed by atoms with Gasteiger partial charge in [0.15, 0.2) is 0 Å². The van der Waals surface area contributed by atoms with E-state index in [0.717, 1.165) is 17.9 Å².